The van der Waals surface area contributed by atoms with Crippen molar-refractivity contribution in [2.45, 2.75) is 12.5 Å². The fourth-order valence-electron chi connectivity index (χ4n) is 1.58. The molecule has 17 heavy (non-hydrogen) atoms. The van der Waals surface area contributed by atoms with E-state index in [1.807, 2.05) is 35.7 Å². The summed E-state index contributed by atoms with van der Waals surface area (Å²) in [7, 11) is 0. The number of thiophene rings is 1. The Hall–Kier alpha value is -1.03. The zero-order valence-corrected chi connectivity index (χ0v) is 10.9. The van der Waals surface area contributed by atoms with Crippen molar-refractivity contribution in [3.05, 3.63) is 51.7 Å². The van der Waals surface area contributed by atoms with Crippen LogP contribution in [0.3, 0.4) is 0 Å². The Bertz CT molecular complexity index is 458. The van der Waals surface area contributed by atoms with Gasteiger partial charge in [-0.25, -0.2) is 0 Å². The predicted octanol–water partition coefficient (Wildman–Crippen LogP) is 3.87. The molecule has 0 radical (unpaired) electrons. The Morgan fingerprint density at radius 2 is 2.06 bits per heavy atom. The molecule has 0 aliphatic carbocycles. The van der Waals surface area contributed by atoms with Gasteiger partial charge in [0.2, 0.25) is 0 Å². The molecule has 0 bridgehead atoms. The van der Waals surface area contributed by atoms with Crippen LogP contribution in [0, 0.1) is 0 Å². The van der Waals surface area contributed by atoms with E-state index in [4.69, 9.17) is 22.1 Å². The van der Waals surface area contributed by atoms with Crippen molar-refractivity contribution in [1.82, 2.24) is 0 Å². The fourth-order valence-corrected chi connectivity index (χ4v) is 2.55. The number of hydrogen-bond donors (Lipinski definition) is 1. The van der Waals surface area contributed by atoms with Crippen LogP contribution in [0.2, 0.25) is 5.02 Å². The Kier molecular flexibility index (Phi) is 4.42. The lowest BCUT2D eigenvalue weighted by molar-refractivity contribution is 0.201. The molecular formula is C13H14ClNOS. The maximum atomic E-state index is 6.08. The maximum absolute atomic E-state index is 6.08. The van der Waals surface area contributed by atoms with Crippen LogP contribution >= 0.6 is 22.9 Å². The van der Waals surface area contributed by atoms with Gasteiger partial charge in [-0.2, -0.15) is 0 Å². The fraction of sp³-hybridized carbons (Fsp3) is 0.231. The molecule has 1 heterocycles. The normalized spacial score (nSPS) is 12.4. The third-order valence-corrected chi connectivity index (χ3v) is 3.67. The minimum absolute atomic E-state index is 0.0140. The first-order valence-corrected chi connectivity index (χ1v) is 6.71. The molecule has 1 atom stereocenters. The minimum Gasteiger partial charge on any atom is -0.483 e. The number of benzene rings is 1. The molecule has 0 aliphatic heterocycles. The summed E-state index contributed by atoms with van der Waals surface area (Å²) in [5, 5.41) is 2.67. The van der Waals surface area contributed by atoms with Crippen LogP contribution in [-0.2, 0) is 0 Å². The molecule has 2 aromatic rings. The Labute approximate surface area is 110 Å². The molecule has 0 saturated carbocycles. The second-order valence-corrected chi connectivity index (χ2v) is 5.02. The first-order valence-electron chi connectivity index (χ1n) is 5.46. The van der Waals surface area contributed by atoms with Crippen LogP contribution in [0.4, 0.5) is 0 Å². The van der Waals surface area contributed by atoms with E-state index in [-0.39, 0.29) is 6.10 Å². The molecule has 0 saturated heterocycles. The number of hydrogen-bond acceptors (Lipinski definition) is 3. The van der Waals surface area contributed by atoms with Crippen molar-refractivity contribution in [1.29, 1.82) is 0 Å². The van der Waals surface area contributed by atoms with Crippen molar-refractivity contribution < 1.29 is 4.74 Å². The van der Waals surface area contributed by atoms with Crippen molar-refractivity contribution in [2.24, 2.45) is 5.73 Å². The lowest BCUT2D eigenvalue weighted by atomic mass is 10.2. The second-order valence-electron chi connectivity index (χ2n) is 3.63. The van der Waals surface area contributed by atoms with E-state index in [9.17, 15) is 0 Å². The topological polar surface area (TPSA) is 35.2 Å². The van der Waals surface area contributed by atoms with Gasteiger partial charge in [0.15, 0.2) is 0 Å². The number of para-hydroxylation sites is 1. The summed E-state index contributed by atoms with van der Waals surface area (Å²) in [6.45, 7) is 0.590. The average Bonchev–Trinajstić information content (AvgIpc) is 2.85. The van der Waals surface area contributed by atoms with Crippen LogP contribution in [-0.4, -0.2) is 6.54 Å². The third kappa shape index (κ3) is 3.22. The number of ether oxygens (including phenoxy) is 1. The zero-order valence-electron chi connectivity index (χ0n) is 9.30. The van der Waals surface area contributed by atoms with Gasteiger partial charge in [-0.1, -0.05) is 29.8 Å². The predicted molar refractivity (Wildman–Crippen MR) is 72.8 cm³/mol. The van der Waals surface area contributed by atoms with Gasteiger partial charge in [-0.05, 0) is 30.1 Å². The highest BCUT2D eigenvalue weighted by Gasteiger charge is 2.14. The van der Waals surface area contributed by atoms with Crippen LogP contribution in [0.25, 0.3) is 0 Å². The van der Waals surface area contributed by atoms with Crippen LogP contribution in [0.5, 0.6) is 5.75 Å². The number of halogens is 1. The molecule has 2 nitrogen and oxygen atoms in total. The van der Waals surface area contributed by atoms with Gasteiger partial charge in [0.25, 0.3) is 0 Å². The van der Waals surface area contributed by atoms with Crippen molar-refractivity contribution in [3.8, 4) is 5.75 Å². The summed E-state index contributed by atoms with van der Waals surface area (Å²) in [6, 6.07) is 11.6. The van der Waals surface area contributed by atoms with E-state index in [1.54, 1.807) is 11.3 Å². The summed E-state index contributed by atoms with van der Waals surface area (Å²) >= 11 is 7.75. The molecule has 2 rings (SSSR count). The molecule has 1 unspecified atom stereocenters. The monoisotopic (exact) mass is 267 g/mol. The summed E-state index contributed by atoms with van der Waals surface area (Å²) in [4.78, 5) is 1.18. The molecule has 0 aliphatic rings. The van der Waals surface area contributed by atoms with Gasteiger partial charge in [-0.3, -0.25) is 0 Å². The molecule has 1 aromatic carbocycles. The van der Waals surface area contributed by atoms with Crippen molar-refractivity contribution in [3.63, 3.8) is 0 Å². The zero-order chi connectivity index (χ0) is 12.1. The van der Waals surface area contributed by atoms with E-state index in [0.717, 1.165) is 6.42 Å². The molecule has 0 spiro atoms. The Morgan fingerprint density at radius 3 is 2.71 bits per heavy atom. The van der Waals surface area contributed by atoms with Crippen LogP contribution in [0.1, 0.15) is 17.4 Å². The van der Waals surface area contributed by atoms with E-state index in [1.165, 1.54) is 4.88 Å². The SMILES string of the molecule is NCCC(Oc1ccccc1Cl)c1cccs1. The highest BCUT2D eigenvalue weighted by Crippen LogP contribution is 2.31. The minimum atomic E-state index is -0.0140. The Balaban J connectivity index is 2.16. The van der Waals surface area contributed by atoms with Gasteiger partial charge in [-0.15, -0.1) is 11.3 Å². The highest BCUT2D eigenvalue weighted by atomic mass is 35.5. The number of nitrogens with two attached hydrogens (primary N) is 1. The van der Waals surface area contributed by atoms with Gasteiger partial charge in [0.05, 0.1) is 5.02 Å². The lowest BCUT2D eigenvalue weighted by Gasteiger charge is -2.18. The molecule has 0 amide bonds. The van der Waals surface area contributed by atoms with Crippen molar-refractivity contribution in [2.75, 3.05) is 6.54 Å². The number of rotatable bonds is 5. The molecule has 90 valence electrons. The standard InChI is InChI=1S/C13H14ClNOS/c14-10-4-1-2-5-11(10)16-12(7-8-15)13-6-3-9-17-13/h1-6,9,12H,7-8,15H2. The maximum Gasteiger partial charge on any atom is 0.138 e. The molecule has 0 fully saturated rings. The average molecular weight is 268 g/mol. The van der Waals surface area contributed by atoms with Gasteiger partial charge in [0, 0.05) is 11.3 Å². The van der Waals surface area contributed by atoms with Crippen LogP contribution in [0.15, 0.2) is 41.8 Å². The first-order chi connectivity index (χ1) is 8.31. The third-order valence-electron chi connectivity index (χ3n) is 2.40. The summed E-state index contributed by atoms with van der Waals surface area (Å²) in [5.41, 5.74) is 5.62. The molecule has 4 heteroatoms. The van der Waals surface area contributed by atoms with E-state index in [2.05, 4.69) is 6.07 Å². The molecule has 1 aromatic heterocycles. The quantitative estimate of drug-likeness (QED) is 0.893. The van der Waals surface area contributed by atoms with Gasteiger partial charge in [0.1, 0.15) is 11.9 Å². The first kappa shape index (κ1) is 12.4. The van der Waals surface area contributed by atoms with Crippen LogP contribution < -0.4 is 10.5 Å². The van der Waals surface area contributed by atoms with Gasteiger partial charge < -0.3 is 10.5 Å². The summed E-state index contributed by atoms with van der Waals surface area (Å²) < 4.78 is 5.93. The smallest absolute Gasteiger partial charge is 0.138 e. The van der Waals surface area contributed by atoms with E-state index >= 15 is 0 Å². The van der Waals surface area contributed by atoms with E-state index < -0.39 is 0 Å². The molecule has 2 N–H and O–H groups in total. The highest BCUT2D eigenvalue weighted by molar-refractivity contribution is 7.10. The second kappa shape index (κ2) is 6.05. The summed E-state index contributed by atoms with van der Waals surface area (Å²) in [5.74, 6) is 0.709. The lowest BCUT2D eigenvalue weighted by Crippen LogP contribution is -2.12. The Morgan fingerprint density at radius 1 is 1.24 bits per heavy atom. The van der Waals surface area contributed by atoms with E-state index in [0.29, 0.717) is 17.3 Å². The van der Waals surface area contributed by atoms with Gasteiger partial charge >= 0.3 is 0 Å². The summed E-state index contributed by atoms with van der Waals surface area (Å²) in [6.07, 6.45) is 0.769. The molecular weight excluding hydrogens is 254 g/mol. The largest absolute Gasteiger partial charge is 0.483 e. The van der Waals surface area contributed by atoms with Crippen molar-refractivity contribution >= 4 is 22.9 Å².